The van der Waals surface area contributed by atoms with Gasteiger partial charge in [0.15, 0.2) is 10.1 Å². The Morgan fingerprint density at radius 2 is 1.82 bits per heavy atom. The van der Waals surface area contributed by atoms with Crippen LogP contribution in [-0.4, -0.2) is 43.4 Å². The van der Waals surface area contributed by atoms with Crippen molar-refractivity contribution in [3.8, 4) is 5.75 Å². The molecule has 1 heterocycles. The molecule has 0 spiro atoms. The van der Waals surface area contributed by atoms with E-state index in [2.05, 4.69) is 11.9 Å². The minimum Gasteiger partial charge on any atom is -0.459 e. The van der Waals surface area contributed by atoms with Gasteiger partial charge in [-0.2, -0.15) is 0 Å². The number of nitro benzene ring substituents is 1. The van der Waals surface area contributed by atoms with Crippen LogP contribution in [0.25, 0.3) is 0 Å². The van der Waals surface area contributed by atoms with E-state index in [9.17, 15) is 24.5 Å². The predicted octanol–water partition coefficient (Wildman–Crippen LogP) is 3.10. The fraction of sp³-hybridized carbons (Fsp3) is 0.261. The number of benzene rings is 2. The maximum atomic E-state index is 13.3. The molecule has 3 atom stereocenters. The number of hydrogen-bond acceptors (Lipinski definition) is 7. The highest BCUT2D eigenvalue weighted by Gasteiger charge is 2.66. The average Bonchev–Trinajstić information content (AvgIpc) is 2.80. The molecule has 11 heteroatoms. The Balaban J connectivity index is 1.77. The number of likely N-dealkylation sites (tertiary alicyclic amines) is 1. The highest BCUT2D eigenvalue weighted by Crippen LogP contribution is 2.41. The van der Waals surface area contributed by atoms with Crippen molar-refractivity contribution in [2.45, 2.75) is 36.3 Å². The number of nitrogens with zero attached hydrogens (tertiary/aromatic N) is 2. The zero-order chi connectivity index (χ0) is 25.0. The molecule has 0 aromatic heterocycles. The van der Waals surface area contributed by atoms with Crippen molar-refractivity contribution in [1.29, 1.82) is 0 Å². The van der Waals surface area contributed by atoms with Gasteiger partial charge in [0.2, 0.25) is 5.91 Å². The molecule has 2 aromatic carbocycles. The van der Waals surface area contributed by atoms with E-state index in [1.165, 1.54) is 36.1 Å². The number of carbonyl (C=O) groups is 3. The molecule has 34 heavy (non-hydrogen) atoms. The molecule has 2 aromatic rings. The molecule has 10 nitrogen and oxygen atoms in total. The number of amides is 2. The number of ether oxygens (including phenoxy) is 2. The van der Waals surface area contributed by atoms with Gasteiger partial charge in [-0.1, -0.05) is 47.4 Å². The van der Waals surface area contributed by atoms with Crippen LogP contribution in [0, 0.1) is 10.1 Å². The second-order valence-corrected chi connectivity index (χ2v) is 8.84. The fourth-order valence-corrected chi connectivity index (χ4v) is 4.56. The second-order valence-electron chi connectivity index (χ2n) is 7.66. The maximum Gasteiger partial charge on any atom is 0.333 e. The van der Waals surface area contributed by atoms with Crippen LogP contribution in [0.4, 0.5) is 5.69 Å². The number of nitro groups is 1. The molecule has 3 unspecified atom stereocenters. The summed E-state index contributed by atoms with van der Waals surface area (Å²) in [6.45, 7) is 6.54. The molecule has 1 aliphatic rings. The number of halogens is 1. The monoisotopic (exact) mass is 579 g/mol. The lowest BCUT2D eigenvalue weighted by Gasteiger charge is -2.54. The first-order valence-corrected chi connectivity index (χ1v) is 11.4. The van der Waals surface area contributed by atoms with Crippen LogP contribution in [0.5, 0.6) is 5.75 Å². The van der Waals surface area contributed by atoms with Crippen molar-refractivity contribution in [3.05, 3.63) is 82.4 Å². The Kier molecular flexibility index (Phi) is 7.54. The molecular formula is C23H22IN3O7. The van der Waals surface area contributed by atoms with Gasteiger partial charge >= 0.3 is 5.97 Å². The summed E-state index contributed by atoms with van der Waals surface area (Å²) in [5, 5.41) is 13.4. The highest BCUT2D eigenvalue weighted by molar-refractivity contribution is 14.1. The van der Waals surface area contributed by atoms with E-state index < -0.39 is 38.5 Å². The van der Waals surface area contributed by atoms with Gasteiger partial charge in [0.25, 0.3) is 17.3 Å². The van der Waals surface area contributed by atoms with Crippen molar-refractivity contribution in [2.24, 2.45) is 0 Å². The van der Waals surface area contributed by atoms with Gasteiger partial charge in [-0.25, -0.2) is 4.79 Å². The molecule has 3 rings (SSSR count). The highest BCUT2D eigenvalue weighted by atomic mass is 127. The number of non-ortho nitro benzene ring substituents is 1. The van der Waals surface area contributed by atoms with E-state index in [0.29, 0.717) is 16.9 Å². The number of nitrogens with one attached hydrogen (secondary N) is 1. The lowest BCUT2D eigenvalue weighted by Crippen LogP contribution is -2.83. The zero-order valence-corrected chi connectivity index (χ0v) is 20.6. The van der Waals surface area contributed by atoms with Gasteiger partial charge in [-0.05, 0) is 42.3 Å². The molecule has 178 valence electrons. The van der Waals surface area contributed by atoms with Crippen molar-refractivity contribution in [1.82, 2.24) is 10.2 Å². The van der Waals surface area contributed by atoms with Crippen molar-refractivity contribution < 1.29 is 28.8 Å². The third-order valence-electron chi connectivity index (χ3n) is 5.01. The van der Waals surface area contributed by atoms with E-state index in [1.54, 1.807) is 37.3 Å². The average molecular weight is 579 g/mol. The summed E-state index contributed by atoms with van der Waals surface area (Å²) in [4.78, 5) is 49.7. The Morgan fingerprint density at radius 3 is 2.32 bits per heavy atom. The maximum absolute atomic E-state index is 13.3. The van der Waals surface area contributed by atoms with Crippen LogP contribution >= 0.6 is 22.6 Å². The van der Waals surface area contributed by atoms with Gasteiger partial charge in [0.1, 0.15) is 12.4 Å². The molecule has 0 saturated carbocycles. The first-order chi connectivity index (χ1) is 16.1. The first-order valence-electron chi connectivity index (χ1n) is 10.1. The van der Waals surface area contributed by atoms with Crippen LogP contribution in [-0.2, 0) is 25.7 Å². The molecule has 1 aliphatic heterocycles. The number of para-hydroxylation sites is 1. The summed E-state index contributed by atoms with van der Waals surface area (Å²) in [5.41, 5.74) is -0.873. The molecular weight excluding hydrogens is 557 g/mol. The quantitative estimate of drug-likeness (QED) is 0.0557. The summed E-state index contributed by atoms with van der Waals surface area (Å²) >= 11 is 1.93. The Hall–Kier alpha value is -3.48. The number of alkyl halides is 1. The van der Waals surface area contributed by atoms with E-state index >= 15 is 0 Å². The third-order valence-corrected chi connectivity index (χ3v) is 6.49. The summed E-state index contributed by atoms with van der Waals surface area (Å²) in [5.74, 6) is -1.44. The van der Waals surface area contributed by atoms with Gasteiger partial charge in [0.05, 0.1) is 4.92 Å². The standard InChI is InChI=1S/C23H22IN3O7/c1-14(2)19(20(29)33-13-16-9-11-17(12-10-16)27(31)32)26-21(24)23(22(26)30,25-15(3)28)34-18-7-5-4-6-8-18/h4-12,19,21H,1,13H2,2-3H3,(H,25,28). The minimum atomic E-state index is -1.69. The Bertz CT molecular complexity index is 1120. The van der Waals surface area contributed by atoms with Gasteiger partial charge in [-0.3, -0.25) is 19.7 Å². The van der Waals surface area contributed by atoms with Gasteiger partial charge in [0, 0.05) is 19.1 Å². The van der Waals surface area contributed by atoms with Gasteiger partial charge in [-0.15, -0.1) is 0 Å². The second kappa shape index (κ2) is 10.2. The number of esters is 1. The molecule has 0 aliphatic carbocycles. The number of carbonyl (C=O) groups excluding carboxylic acids is 3. The number of rotatable bonds is 9. The molecule has 1 fully saturated rings. The summed E-state index contributed by atoms with van der Waals surface area (Å²) < 4.78 is 10.5. The summed E-state index contributed by atoms with van der Waals surface area (Å²) in [6, 6.07) is 13.0. The number of β-lactam (4-membered cyclic amide) rings is 1. The summed E-state index contributed by atoms with van der Waals surface area (Å²) in [7, 11) is 0. The smallest absolute Gasteiger partial charge is 0.333 e. The minimum absolute atomic E-state index is 0.0819. The molecule has 0 radical (unpaired) electrons. The van der Waals surface area contributed by atoms with Crippen molar-refractivity contribution in [3.63, 3.8) is 0 Å². The number of hydrogen-bond donors (Lipinski definition) is 1. The Labute approximate surface area is 209 Å². The molecule has 2 amide bonds. The van der Waals surface area contributed by atoms with Crippen LogP contribution in [0.2, 0.25) is 0 Å². The van der Waals surface area contributed by atoms with Crippen LogP contribution in [0.1, 0.15) is 19.4 Å². The van der Waals surface area contributed by atoms with E-state index in [4.69, 9.17) is 9.47 Å². The van der Waals surface area contributed by atoms with Gasteiger partial charge < -0.3 is 19.7 Å². The fourth-order valence-electron chi connectivity index (χ4n) is 3.44. The van der Waals surface area contributed by atoms with Crippen molar-refractivity contribution >= 4 is 46.1 Å². The molecule has 0 bridgehead atoms. The van der Waals surface area contributed by atoms with E-state index in [-0.39, 0.29) is 12.3 Å². The van der Waals surface area contributed by atoms with Crippen molar-refractivity contribution in [2.75, 3.05) is 0 Å². The van der Waals surface area contributed by atoms with E-state index in [0.717, 1.165) is 0 Å². The lowest BCUT2D eigenvalue weighted by atomic mass is 9.95. The van der Waals surface area contributed by atoms with E-state index in [1.807, 2.05) is 22.6 Å². The lowest BCUT2D eigenvalue weighted by molar-refractivity contribution is -0.384. The SMILES string of the molecule is C=C(C)C(C(=O)OCc1ccc([N+](=O)[O-])cc1)N1C(=O)C(NC(C)=O)(Oc2ccccc2)C1I. The third kappa shape index (κ3) is 5.03. The largest absolute Gasteiger partial charge is 0.459 e. The van der Waals surface area contributed by atoms with Crippen LogP contribution in [0.3, 0.4) is 0 Å². The Morgan fingerprint density at radius 1 is 1.21 bits per heavy atom. The topological polar surface area (TPSA) is 128 Å². The summed E-state index contributed by atoms with van der Waals surface area (Å²) in [6.07, 6.45) is 0. The molecule has 1 N–H and O–H groups in total. The predicted molar refractivity (Wildman–Crippen MR) is 130 cm³/mol. The zero-order valence-electron chi connectivity index (χ0n) is 18.4. The van der Waals surface area contributed by atoms with Crippen LogP contribution in [0.15, 0.2) is 66.7 Å². The first kappa shape index (κ1) is 25.1. The molecule has 1 saturated heterocycles. The normalized spacial score (nSPS) is 20.0. The van der Waals surface area contributed by atoms with Crippen LogP contribution < -0.4 is 10.1 Å².